The topological polar surface area (TPSA) is 89.3 Å². The summed E-state index contributed by atoms with van der Waals surface area (Å²) in [5.41, 5.74) is 1.13. The van der Waals surface area contributed by atoms with Crippen LogP contribution in [-0.4, -0.2) is 50.8 Å². The predicted molar refractivity (Wildman–Crippen MR) is 95.9 cm³/mol. The van der Waals surface area contributed by atoms with Crippen LogP contribution in [0.25, 0.3) is 11.3 Å². The van der Waals surface area contributed by atoms with Crippen molar-refractivity contribution < 1.29 is 9.53 Å². The van der Waals surface area contributed by atoms with Crippen LogP contribution in [0.1, 0.15) is 19.8 Å². The van der Waals surface area contributed by atoms with E-state index in [1.807, 2.05) is 12.1 Å². The number of rotatable bonds is 2. The number of ether oxygens (including phenoxy) is 1. The Morgan fingerprint density at radius 2 is 2.08 bits per heavy atom. The standard InChI is InChI=1S/C18H21N5O3/c1-2-26-17(25)22-9-5-18(12-22)6-10-23-15(24)11-14(20-16(23)21-18)13-3-7-19-8-4-13/h3-4,7-8,11H,2,5-6,9-10,12H2,1H3,(H,20,21). The van der Waals surface area contributed by atoms with E-state index in [1.165, 1.54) is 0 Å². The largest absolute Gasteiger partial charge is 0.450 e. The molecule has 2 aromatic heterocycles. The van der Waals surface area contributed by atoms with E-state index in [1.54, 1.807) is 34.9 Å². The first kappa shape index (κ1) is 16.6. The van der Waals surface area contributed by atoms with Crippen molar-refractivity contribution >= 4 is 12.0 Å². The third kappa shape index (κ3) is 2.91. The van der Waals surface area contributed by atoms with Gasteiger partial charge in [-0.15, -0.1) is 0 Å². The van der Waals surface area contributed by atoms with E-state index >= 15 is 0 Å². The zero-order valence-electron chi connectivity index (χ0n) is 14.6. The highest BCUT2D eigenvalue weighted by molar-refractivity contribution is 5.68. The van der Waals surface area contributed by atoms with Gasteiger partial charge in [0, 0.05) is 43.7 Å². The number of hydrogen-bond donors (Lipinski definition) is 1. The van der Waals surface area contributed by atoms with Gasteiger partial charge in [-0.05, 0) is 31.9 Å². The maximum absolute atomic E-state index is 12.5. The van der Waals surface area contributed by atoms with Crippen molar-refractivity contribution in [2.24, 2.45) is 0 Å². The van der Waals surface area contributed by atoms with Crippen LogP contribution in [0.15, 0.2) is 35.4 Å². The number of hydrogen-bond acceptors (Lipinski definition) is 6. The van der Waals surface area contributed by atoms with Gasteiger partial charge in [-0.3, -0.25) is 14.3 Å². The normalized spacial score (nSPS) is 21.3. The van der Waals surface area contributed by atoms with Gasteiger partial charge in [-0.1, -0.05) is 0 Å². The van der Waals surface area contributed by atoms with Gasteiger partial charge in [0.05, 0.1) is 17.8 Å². The Bertz CT molecular complexity index is 882. The van der Waals surface area contributed by atoms with Gasteiger partial charge >= 0.3 is 6.09 Å². The van der Waals surface area contributed by atoms with E-state index in [0.717, 1.165) is 18.4 Å². The van der Waals surface area contributed by atoms with Crippen LogP contribution in [0.5, 0.6) is 0 Å². The Kier molecular flexibility index (Phi) is 4.10. The van der Waals surface area contributed by atoms with Crippen LogP contribution < -0.4 is 10.9 Å². The Hall–Kier alpha value is -2.90. The summed E-state index contributed by atoms with van der Waals surface area (Å²) in [6, 6.07) is 5.21. The molecule has 4 heterocycles. The lowest BCUT2D eigenvalue weighted by Gasteiger charge is -2.36. The van der Waals surface area contributed by atoms with Crippen LogP contribution in [-0.2, 0) is 11.3 Å². The Labute approximate surface area is 150 Å². The summed E-state index contributed by atoms with van der Waals surface area (Å²) < 4.78 is 6.76. The van der Waals surface area contributed by atoms with Gasteiger partial charge in [0.25, 0.3) is 5.56 Å². The van der Waals surface area contributed by atoms with Gasteiger partial charge < -0.3 is 15.0 Å². The molecule has 0 radical (unpaired) electrons. The second-order valence-corrected chi connectivity index (χ2v) is 6.72. The van der Waals surface area contributed by atoms with Crippen LogP contribution in [0, 0.1) is 0 Å². The molecule has 0 aromatic carbocycles. The zero-order chi connectivity index (χ0) is 18.1. The third-order valence-corrected chi connectivity index (χ3v) is 5.06. The van der Waals surface area contributed by atoms with Crippen LogP contribution in [0.3, 0.4) is 0 Å². The molecule has 26 heavy (non-hydrogen) atoms. The minimum atomic E-state index is -0.285. The molecule has 1 fully saturated rings. The van der Waals surface area contributed by atoms with Gasteiger partial charge in [0.2, 0.25) is 5.95 Å². The SMILES string of the molecule is CCOC(=O)N1CCC2(CCn3c(nc(-c4ccncc4)cc3=O)N2)C1. The fourth-order valence-corrected chi connectivity index (χ4v) is 3.66. The third-order valence-electron chi connectivity index (χ3n) is 5.06. The number of amides is 1. The maximum atomic E-state index is 12.5. The van der Waals surface area contributed by atoms with Crippen molar-refractivity contribution in [3.8, 4) is 11.3 Å². The molecule has 1 atom stereocenters. The number of nitrogens with zero attached hydrogens (tertiary/aromatic N) is 4. The molecule has 0 bridgehead atoms. The number of likely N-dealkylation sites (tertiary alicyclic amines) is 1. The molecule has 0 aliphatic carbocycles. The van der Waals surface area contributed by atoms with Crippen molar-refractivity contribution in [3.63, 3.8) is 0 Å². The average Bonchev–Trinajstić information content (AvgIpc) is 3.06. The highest BCUT2D eigenvalue weighted by atomic mass is 16.6. The first-order chi connectivity index (χ1) is 12.6. The van der Waals surface area contributed by atoms with Gasteiger partial charge in [0.1, 0.15) is 0 Å². The summed E-state index contributed by atoms with van der Waals surface area (Å²) in [6.45, 7) is 3.95. The highest BCUT2D eigenvalue weighted by Crippen LogP contribution is 2.33. The molecule has 136 valence electrons. The number of fused-ring (bicyclic) bond motifs is 1. The summed E-state index contributed by atoms with van der Waals surface area (Å²) in [5.74, 6) is 0.557. The monoisotopic (exact) mass is 355 g/mol. The summed E-state index contributed by atoms with van der Waals surface area (Å²) in [7, 11) is 0. The Morgan fingerprint density at radius 1 is 1.31 bits per heavy atom. The summed E-state index contributed by atoms with van der Waals surface area (Å²) in [5, 5.41) is 3.44. The van der Waals surface area contributed by atoms with E-state index in [-0.39, 0.29) is 17.2 Å². The quantitative estimate of drug-likeness (QED) is 0.882. The van der Waals surface area contributed by atoms with E-state index in [9.17, 15) is 9.59 Å². The molecule has 4 rings (SSSR count). The van der Waals surface area contributed by atoms with Gasteiger partial charge in [0.15, 0.2) is 0 Å². The first-order valence-corrected chi connectivity index (χ1v) is 8.82. The number of carbonyl (C=O) groups excluding carboxylic acids is 1. The molecular weight excluding hydrogens is 334 g/mol. The van der Waals surface area contributed by atoms with Crippen LogP contribution in [0.2, 0.25) is 0 Å². The molecule has 1 amide bonds. The van der Waals surface area contributed by atoms with E-state index in [2.05, 4.69) is 15.3 Å². The molecule has 2 aromatic rings. The first-order valence-electron chi connectivity index (χ1n) is 8.82. The summed E-state index contributed by atoms with van der Waals surface area (Å²) in [4.78, 5) is 34.9. The molecule has 1 unspecified atom stereocenters. The van der Waals surface area contributed by atoms with E-state index in [0.29, 0.717) is 37.9 Å². The van der Waals surface area contributed by atoms with Crippen molar-refractivity contribution in [2.75, 3.05) is 25.0 Å². The Morgan fingerprint density at radius 3 is 2.85 bits per heavy atom. The number of pyridine rings is 1. The molecule has 1 saturated heterocycles. The van der Waals surface area contributed by atoms with E-state index in [4.69, 9.17) is 4.74 Å². The van der Waals surface area contributed by atoms with Crippen LogP contribution in [0.4, 0.5) is 10.7 Å². The van der Waals surface area contributed by atoms with E-state index < -0.39 is 0 Å². The molecular formula is C18H21N5O3. The Balaban J connectivity index is 1.62. The zero-order valence-corrected chi connectivity index (χ0v) is 14.6. The number of anilines is 1. The molecule has 1 N–H and O–H groups in total. The fourth-order valence-electron chi connectivity index (χ4n) is 3.66. The molecule has 2 aliphatic rings. The molecule has 8 heteroatoms. The van der Waals surface area contributed by atoms with Gasteiger partial charge in [-0.25, -0.2) is 9.78 Å². The number of aromatic nitrogens is 3. The molecule has 0 saturated carbocycles. The maximum Gasteiger partial charge on any atom is 0.409 e. The van der Waals surface area contributed by atoms with Crippen LogP contribution >= 0.6 is 0 Å². The van der Waals surface area contributed by atoms with Crippen molar-refractivity contribution in [2.45, 2.75) is 31.8 Å². The second kappa shape index (κ2) is 6.44. The van der Waals surface area contributed by atoms with Crippen molar-refractivity contribution in [1.29, 1.82) is 0 Å². The van der Waals surface area contributed by atoms with Gasteiger partial charge in [-0.2, -0.15) is 0 Å². The minimum Gasteiger partial charge on any atom is -0.450 e. The van der Waals surface area contributed by atoms with Crippen molar-refractivity contribution in [1.82, 2.24) is 19.4 Å². The number of nitrogens with one attached hydrogen (secondary N) is 1. The number of carbonyl (C=O) groups is 1. The predicted octanol–water partition coefficient (Wildman–Crippen LogP) is 1.72. The molecule has 8 nitrogen and oxygen atoms in total. The lowest BCUT2D eigenvalue weighted by molar-refractivity contribution is 0.113. The lowest BCUT2D eigenvalue weighted by atomic mass is 9.93. The molecule has 2 aliphatic heterocycles. The molecule has 1 spiro atoms. The summed E-state index contributed by atoms with van der Waals surface area (Å²) in [6.07, 6.45) is 4.65. The fraction of sp³-hybridized carbons (Fsp3) is 0.444. The average molecular weight is 355 g/mol. The lowest BCUT2D eigenvalue weighted by Crippen LogP contribution is -2.49. The minimum absolute atomic E-state index is 0.0793. The summed E-state index contributed by atoms with van der Waals surface area (Å²) >= 11 is 0. The van der Waals surface area contributed by atoms with Crippen molar-refractivity contribution in [3.05, 3.63) is 40.9 Å². The second-order valence-electron chi connectivity index (χ2n) is 6.72. The highest BCUT2D eigenvalue weighted by Gasteiger charge is 2.43. The smallest absolute Gasteiger partial charge is 0.409 e.